The molecule has 1 fully saturated rings. The van der Waals surface area contributed by atoms with Crippen LogP contribution in [0.3, 0.4) is 0 Å². The van der Waals surface area contributed by atoms with E-state index < -0.39 is 0 Å². The standard InChI is InChI=1S/C15H19NO3/c1-9(2)12-7-10(4-5-13(12)19-3)6-11-8-14(17)16-15(11)18/h4-5,7,9,11H,6,8H2,1-3H3,(H,16,17,18). The van der Waals surface area contributed by atoms with Crippen molar-refractivity contribution >= 4 is 11.8 Å². The van der Waals surface area contributed by atoms with E-state index in [0.717, 1.165) is 16.9 Å². The van der Waals surface area contributed by atoms with Gasteiger partial charge in [-0.15, -0.1) is 0 Å². The number of imide groups is 1. The Morgan fingerprint density at radius 2 is 2.11 bits per heavy atom. The van der Waals surface area contributed by atoms with Crippen LogP contribution in [0.5, 0.6) is 5.75 Å². The minimum Gasteiger partial charge on any atom is -0.496 e. The van der Waals surface area contributed by atoms with Crippen LogP contribution in [-0.2, 0) is 16.0 Å². The van der Waals surface area contributed by atoms with Crippen LogP contribution in [0.1, 0.15) is 37.3 Å². The lowest BCUT2D eigenvalue weighted by atomic mass is 9.93. The van der Waals surface area contributed by atoms with Crippen molar-refractivity contribution in [2.24, 2.45) is 5.92 Å². The Morgan fingerprint density at radius 3 is 2.63 bits per heavy atom. The molecule has 2 rings (SSSR count). The molecule has 1 aliphatic heterocycles. The number of hydrogen-bond acceptors (Lipinski definition) is 3. The highest BCUT2D eigenvalue weighted by molar-refractivity contribution is 6.03. The van der Waals surface area contributed by atoms with Gasteiger partial charge in [0.1, 0.15) is 5.75 Å². The largest absolute Gasteiger partial charge is 0.496 e. The first-order valence-corrected chi connectivity index (χ1v) is 6.51. The molecule has 1 atom stereocenters. The van der Waals surface area contributed by atoms with Crippen molar-refractivity contribution in [2.45, 2.75) is 32.6 Å². The summed E-state index contributed by atoms with van der Waals surface area (Å²) in [5.74, 6) is 0.653. The fourth-order valence-corrected chi connectivity index (χ4v) is 2.42. The second-order valence-electron chi connectivity index (χ2n) is 5.25. The van der Waals surface area contributed by atoms with Gasteiger partial charge >= 0.3 is 0 Å². The van der Waals surface area contributed by atoms with Gasteiger partial charge in [0.15, 0.2) is 0 Å². The van der Waals surface area contributed by atoms with Crippen LogP contribution in [0, 0.1) is 5.92 Å². The lowest BCUT2D eigenvalue weighted by Gasteiger charge is -2.14. The molecular formula is C15H19NO3. The van der Waals surface area contributed by atoms with Crippen molar-refractivity contribution in [3.8, 4) is 5.75 Å². The van der Waals surface area contributed by atoms with Gasteiger partial charge in [0.05, 0.1) is 13.0 Å². The number of hydrogen-bond donors (Lipinski definition) is 1. The third-order valence-electron chi connectivity index (χ3n) is 3.46. The van der Waals surface area contributed by atoms with Gasteiger partial charge in [-0.1, -0.05) is 26.0 Å². The minimum absolute atomic E-state index is 0.160. The van der Waals surface area contributed by atoms with E-state index in [0.29, 0.717) is 18.8 Å². The van der Waals surface area contributed by atoms with Gasteiger partial charge < -0.3 is 4.74 Å². The molecule has 19 heavy (non-hydrogen) atoms. The molecule has 2 amide bonds. The molecule has 1 unspecified atom stereocenters. The summed E-state index contributed by atoms with van der Waals surface area (Å²) in [5.41, 5.74) is 2.20. The van der Waals surface area contributed by atoms with Crippen LogP contribution in [0.15, 0.2) is 18.2 Å². The zero-order valence-corrected chi connectivity index (χ0v) is 11.5. The molecule has 0 aliphatic carbocycles. The number of methoxy groups -OCH3 is 1. The van der Waals surface area contributed by atoms with Crippen molar-refractivity contribution in [1.29, 1.82) is 0 Å². The van der Waals surface area contributed by atoms with Crippen LogP contribution in [0.25, 0.3) is 0 Å². The zero-order valence-electron chi connectivity index (χ0n) is 11.5. The van der Waals surface area contributed by atoms with E-state index in [1.807, 2.05) is 12.1 Å². The van der Waals surface area contributed by atoms with Gasteiger partial charge in [-0.2, -0.15) is 0 Å². The normalized spacial score (nSPS) is 18.8. The maximum Gasteiger partial charge on any atom is 0.230 e. The monoisotopic (exact) mass is 261 g/mol. The number of benzene rings is 1. The summed E-state index contributed by atoms with van der Waals surface area (Å²) >= 11 is 0. The summed E-state index contributed by atoms with van der Waals surface area (Å²) in [6.07, 6.45) is 0.892. The van der Waals surface area contributed by atoms with E-state index in [9.17, 15) is 9.59 Å². The predicted molar refractivity (Wildman–Crippen MR) is 72.0 cm³/mol. The maximum atomic E-state index is 11.6. The topological polar surface area (TPSA) is 55.4 Å². The maximum absolute atomic E-state index is 11.6. The lowest BCUT2D eigenvalue weighted by molar-refractivity contribution is -0.125. The molecule has 0 radical (unpaired) electrons. The number of ether oxygens (including phenoxy) is 1. The Hall–Kier alpha value is -1.84. The number of amides is 2. The molecule has 1 aliphatic rings. The van der Waals surface area contributed by atoms with Crippen molar-refractivity contribution in [2.75, 3.05) is 7.11 Å². The second kappa shape index (κ2) is 5.43. The highest BCUT2D eigenvalue weighted by atomic mass is 16.5. The van der Waals surface area contributed by atoms with Gasteiger partial charge in [0, 0.05) is 6.42 Å². The molecule has 0 aromatic heterocycles. The molecule has 1 aromatic carbocycles. The quantitative estimate of drug-likeness (QED) is 0.844. The summed E-state index contributed by atoms with van der Waals surface area (Å²) in [4.78, 5) is 22.8. The average Bonchev–Trinajstić information content (AvgIpc) is 2.67. The molecule has 4 heteroatoms. The Labute approximate surface area is 113 Å². The predicted octanol–water partition coefficient (Wildman–Crippen LogP) is 2.02. The molecule has 1 aromatic rings. The molecule has 1 saturated heterocycles. The molecule has 1 heterocycles. The molecular weight excluding hydrogens is 242 g/mol. The highest BCUT2D eigenvalue weighted by Crippen LogP contribution is 2.29. The van der Waals surface area contributed by atoms with Crippen LogP contribution in [0.4, 0.5) is 0 Å². The number of carbonyl (C=O) groups is 2. The van der Waals surface area contributed by atoms with Gasteiger partial charge in [0.2, 0.25) is 11.8 Å². The Morgan fingerprint density at radius 1 is 1.37 bits per heavy atom. The van der Waals surface area contributed by atoms with Crippen LogP contribution in [0.2, 0.25) is 0 Å². The van der Waals surface area contributed by atoms with E-state index in [4.69, 9.17) is 4.74 Å². The van der Waals surface area contributed by atoms with Gasteiger partial charge in [0.25, 0.3) is 0 Å². The van der Waals surface area contributed by atoms with E-state index in [1.54, 1.807) is 7.11 Å². The fourth-order valence-electron chi connectivity index (χ4n) is 2.42. The molecule has 0 spiro atoms. The lowest BCUT2D eigenvalue weighted by Crippen LogP contribution is -2.22. The van der Waals surface area contributed by atoms with E-state index in [1.165, 1.54) is 0 Å². The van der Waals surface area contributed by atoms with E-state index in [2.05, 4.69) is 25.2 Å². The number of carbonyl (C=O) groups excluding carboxylic acids is 2. The second-order valence-corrected chi connectivity index (χ2v) is 5.25. The van der Waals surface area contributed by atoms with Crippen molar-refractivity contribution < 1.29 is 14.3 Å². The SMILES string of the molecule is COc1ccc(CC2CC(=O)NC2=O)cc1C(C)C. The minimum atomic E-state index is -0.235. The van der Waals surface area contributed by atoms with Gasteiger partial charge in [-0.25, -0.2) is 0 Å². The Balaban J connectivity index is 2.19. The van der Waals surface area contributed by atoms with Crippen molar-refractivity contribution in [3.63, 3.8) is 0 Å². The molecule has 102 valence electrons. The first kappa shape index (κ1) is 13.6. The van der Waals surface area contributed by atoms with E-state index in [-0.39, 0.29) is 17.7 Å². The smallest absolute Gasteiger partial charge is 0.230 e. The van der Waals surface area contributed by atoms with Gasteiger partial charge in [-0.3, -0.25) is 14.9 Å². The summed E-state index contributed by atoms with van der Waals surface area (Å²) in [5, 5.41) is 2.34. The Bertz CT molecular complexity index is 508. The first-order valence-electron chi connectivity index (χ1n) is 6.51. The fraction of sp³-hybridized carbons (Fsp3) is 0.467. The molecule has 0 bridgehead atoms. The number of nitrogens with one attached hydrogen (secondary N) is 1. The summed E-state index contributed by atoms with van der Waals surface area (Å²) in [6.45, 7) is 4.21. The molecule has 1 N–H and O–H groups in total. The van der Waals surface area contributed by atoms with Gasteiger partial charge in [-0.05, 0) is 29.5 Å². The highest BCUT2D eigenvalue weighted by Gasteiger charge is 2.30. The average molecular weight is 261 g/mol. The van der Waals surface area contributed by atoms with Crippen molar-refractivity contribution in [1.82, 2.24) is 5.32 Å². The van der Waals surface area contributed by atoms with Crippen molar-refractivity contribution in [3.05, 3.63) is 29.3 Å². The number of rotatable bonds is 4. The summed E-state index contributed by atoms with van der Waals surface area (Å²) in [7, 11) is 1.66. The Kier molecular flexibility index (Phi) is 3.88. The third-order valence-corrected chi connectivity index (χ3v) is 3.46. The summed E-state index contributed by atoms with van der Waals surface area (Å²) in [6, 6.07) is 5.96. The van der Waals surface area contributed by atoms with E-state index >= 15 is 0 Å². The van der Waals surface area contributed by atoms with Crippen LogP contribution >= 0.6 is 0 Å². The van der Waals surface area contributed by atoms with Crippen LogP contribution < -0.4 is 10.1 Å². The van der Waals surface area contributed by atoms with Crippen LogP contribution in [-0.4, -0.2) is 18.9 Å². The zero-order chi connectivity index (χ0) is 14.0. The third kappa shape index (κ3) is 2.95. The summed E-state index contributed by atoms with van der Waals surface area (Å²) < 4.78 is 5.34. The molecule has 4 nitrogen and oxygen atoms in total. The first-order chi connectivity index (χ1) is 9.01. The molecule has 0 saturated carbocycles.